The largest absolute Gasteiger partial charge is 0.494 e. The molecule has 3 rings (SSSR count). The number of ether oxygens (including phenoxy) is 1. The minimum atomic E-state index is -0.241. The van der Waals surface area contributed by atoms with Gasteiger partial charge in [0, 0.05) is 12.2 Å². The van der Waals surface area contributed by atoms with E-state index in [2.05, 4.69) is 27.8 Å². The van der Waals surface area contributed by atoms with Gasteiger partial charge in [0.2, 0.25) is 0 Å². The minimum Gasteiger partial charge on any atom is -0.494 e. The van der Waals surface area contributed by atoms with E-state index in [9.17, 15) is 4.79 Å². The van der Waals surface area contributed by atoms with Crippen molar-refractivity contribution in [1.82, 2.24) is 4.98 Å². The lowest BCUT2D eigenvalue weighted by molar-refractivity contribution is 0.102. The van der Waals surface area contributed by atoms with Gasteiger partial charge in [-0.05, 0) is 55.3 Å². The molecule has 5 nitrogen and oxygen atoms in total. The summed E-state index contributed by atoms with van der Waals surface area (Å²) in [7, 11) is 0. The molecule has 0 spiro atoms. The van der Waals surface area contributed by atoms with Crippen molar-refractivity contribution in [3.8, 4) is 5.75 Å². The number of nitrogens with zero attached hydrogens (tertiary/aromatic N) is 1. The number of amides is 1. The molecule has 0 bridgehead atoms. The summed E-state index contributed by atoms with van der Waals surface area (Å²) in [6, 6.07) is 21.1. The molecule has 0 saturated carbocycles. The van der Waals surface area contributed by atoms with Crippen molar-refractivity contribution >= 4 is 17.3 Å². The number of hydrogen-bond donors (Lipinski definition) is 2. The number of nitrogens with one attached hydrogen (secondary N) is 2. The van der Waals surface area contributed by atoms with Crippen LogP contribution < -0.4 is 15.4 Å². The number of carbonyl (C=O) groups is 1. The first-order chi connectivity index (χ1) is 13.2. The molecule has 0 aliphatic rings. The molecule has 1 heterocycles. The normalized spacial score (nSPS) is 10.3. The molecular formula is C22H23N3O2. The summed E-state index contributed by atoms with van der Waals surface area (Å²) in [6.45, 7) is 3.35. The summed E-state index contributed by atoms with van der Waals surface area (Å²) in [4.78, 5) is 16.6. The molecule has 2 aromatic carbocycles. The Hall–Kier alpha value is -3.34. The van der Waals surface area contributed by atoms with Crippen molar-refractivity contribution in [2.75, 3.05) is 23.8 Å². The molecule has 0 radical (unpaired) electrons. The summed E-state index contributed by atoms with van der Waals surface area (Å²) in [5.74, 6) is 0.537. The highest BCUT2D eigenvalue weighted by Gasteiger charge is 2.08. The van der Waals surface area contributed by atoms with Gasteiger partial charge in [-0.1, -0.05) is 30.3 Å². The smallest absolute Gasteiger partial charge is 0.274 e. The number of rotatable bonds is 8. The molecule has 0 fully saturated rings. The molecule has 2 N–H and O–H groups in total. The van der Waals surface area contributed by atoms with Gasteiger partial charge in [-0.2, -0.15) is 0 Å². The van der Waals surface area contributed by atoms with Crippen LogP contribution in [0, 0.1) is 0 Å². The minimum absolute atomic E-state index is 0.241. The van der Waals surface area contributed by atoms with Gasteiger partial charge in [0.1, 0.15) is 11.4 Å². The molecule has 3 aromatic rings. The summed E-state index contributed by atoms with van der Waals surface area (Å²) in [5.41, 5.74) is 3.25. The van der Waals surface area contributed by atoms with E-state index in [4.69, 9.17) is 4.74 Å². The van der Waals surface area contributed by atoms with Crippen molar-refractivity contribution in [1.29, 1.82) is 0 Å². The first-order valence-electron chi connectivity index (χ1n) is 9.02. The summed E-state index contributed by atoms with van der Waals surface area (Å²) >= 11 is 0. The fourth-order valence-corrected chi connectivity index (χ4v) is 2.62. The highest BCUT2D eigenvalue weighted by atomic mass is 16.5. The second-order valence-electron chi connectivity index (χ2n) is 6.01. The van der Waals surface area contributed by atoms with Crippen molar-refractivity contribution in [3.05, 3.63) is 84.2 Å². The van der Waals surface area contributed by atoms with Crippen LogP contribution in [-0.2, 0) is 6.42 Å². The molecule has 0 unspecified atom stereocenters. The monoisotopic (exact) mass is 361 g/mol. The number of hydrogen-bond acceptors (Lipinski definition) is 4. The SMILES string of the molecule is CCOc1ccc(NC(=O)c2ccc(NCCc3ccccc3)cn2)cc1. The molecular weight excluding hydrogens is 338 g/mol. The number of aromatic nitrogens is 1. The van der Waals surface area contributed by atoms with E-state index >= 15 is 0 Å². The van der Waals surface area contributed by atoms with Crippen LogP contribution in [0.1, 0.15) is 23.0 Å². The summed E-state index contributed by atoms with van der Waals surface area (Å²) in [6.07, 6.45) is 2.61. The fraction of sp³-hybridized carbons (Fsp3) is 0.182. The highest BCUT2D eigenvalue weighted by molar-refractivity contribution is 6.02. The Morgan fingerprint density at radius 2 is 1.70 bits per heavy atom. The number of anilines is 2. The maximum atomic E-state index is 12.3. The zero-order chi connectivity index (χ0) is 18.9. The average molecular weight is 361 g/mol. The zero-order valence-electron chi connectivity index (χ0n) is 15.3. The molecule has 0 saturated heterocycles. The maximum absolute atomic E-state index is 12.3. The van der Waals surface area contributed by atoms with Crippen LogP contribution in [0.3, 0.4) is 0 Å². The standard InChI is InChI=1S/C22H23N3O2/c1-2-27-20-11-8-18(9-12-20)25-22(26)21-13-10-19(16-24-21)23-15-14-17-6-4-3-5-7-17/h3-13,16,23H,2,14-15H2,1H3,(H,25,26). The van der Waals surface area contributed by atoms with E-state index in [1.54, 1.807) is 12.3 Å². The Kier molecular flexibility index (Phi) is 6.41. The molecule has 0 atom stereocenters. The topological polar surface area (TPSA) is 63.2 Å². The Labute approximate surface area is 159 Å². The van der Waals surface area contributed by atoms with Crippen molar-refractivity contribution in [2.24, 2.45) is 0 Å². The van der Waals surface area contributed by atoms with Crippen molar-refractivity contribution in [2.45, 2.75) is 13.3 Å². The third kappa shape index (κ3) is 5.57. The second kappa shape index (κ2) is 9.38. The third-order valence-corrected chi connectivity index (χ3v) is 4.00. The number of carbonyl (C=O) groups excluding carboxylic acids is 1. The summed E-state index contributed by atoms with van der Waals surface area (Å²) in [5, 5.41) is 6.15. The molecule has 1 aromatic heterocycles. The number of pyridine rings is 1. The Morgan fingerprint density at radius 1 is 0.963 bits per heavy atom. The first kappa shape index (κ1) is 18.5. The van der Waals surface area contributed by atoms with Crippen LogP contribution in [0.15, 0.2) is 72.9 Å². The molecule has 138 valence electrons. The lowest BCUT2D eigenvalue weighted by atomic mass is 10.1. The van der Waals surface area contributed by atoms with Crippen molar-refractivity contribution < 1.29 is 9.53 Å². The van der Waals surface area contributed by atoms with Crippen LogP contribution in [0.5, 0.6) is 5.75 Å². The van der Waals surface area contributed by atoms with Crippen molar-refractivity contribution in [3.63, 3.8) is 0 Å². The van der Waals surface area contributed by atoms with Crippen LogP contribution in [0.4, 0.5) is 11.4 Å². The van der Waals surface area contributed by atoms with Crippen LogP contribution >= 0.6 is 0 Å². The fourth-order valence-electron chi connectivity index (χ4n) is 2.62. The van der Waals surface area contributed by atoms with E-state index in [1.165, 1.54) is 5.56 Å². The molecule has 0 aliphatic heterocycles. The Morgan fingerprint density at radius 3 is 2.37 bits per heavy atom. The number of benzene rings is 2. The highest BCUT2D eigenvalue weighted by Crippen LogP contribution is 2.16. The third-order valence-electron chi connectivity index (χ3n) is 4.00. The lowest BCUT2D eigenvalue weighted by Crippen LogP contribution is -2.14. The molecule has 5 heteroatoms. The maximum Gasteiger partial charge on any atom is 0.274 e. The van der Waals surface area contributed by atoms with Gasteiger partial charge in [-0.15, -0.1) is 0 Å². The van der Waals surface area contributed by atoms with E-state index in [0.717, 1.165) is 24.4 Å². The van der Waals surface area contributed by atoms with Gasteiger partial charge in [0.25, 0.3) is 5.91 Å². The van der Waals surface area contributed by atoms with E-state index in [1.807, 2.05) is 55.5 Å². The van der Waals surface area contributed by atoms with Gasteiger partial charge < -0.3 is 15.4 Å². The van der Waals surface area contributed by atoms with Gasteiger partial charge in [0.05, 0.1) is 18.5 Å². The van der Waals surface area contributed by atoms with E-state index in [0.29, 0.717) is 18.0 Å². The second-order valence-corrected chi connectivity index (χ2v) is 6.01. The predicted molar refractivity (Wildman–Crippen MR) is 108 cm³/mol. The lowest BCUT2D eigenvalue weighted by Gasteiger charge is -2.08. The first-order valence-corrected chi connectivity index (χ1v) is 9.02. The van der Waals surface area contributed by atoms with Crippen LogP contribution in [0.2, 0.25) is 0 Å². The quantitative estimate of drug-likeness (QED) is 0.625. The van der Waals surface area contributed by atoms with E-state index < -0.39 is 0 Å². The predicted octanol–water partition coefficient (Wildman–Crippen LogP) is 4.39. The zero-order valence-corrected chi connectivity index (χ0v) is 15.3. The van der Waals surface area contributed by atoms with Crippen LogP contribution in [-0.4, -0.2) is 24.0 Å². The Balaban J connectivity index is 1.50. The van der Waals surface area contributed by atoms with Gasteiger partial charge in [0.15, 0.2) is 0 Å². The van der Waals surface area contributed by atoms with Crippen LogP contribution in [0.25, 0.3) is 0 Å². The van der Waals surface area contributed by atoms with E-state index in [-0.39, 0.29) is 5.91 Å². The van der Waals surface area contributed by atoms with Gasteiger partial charge in [-0.25, -0.2) is 4.98 Å². The van der Waals surface area contributed by atoms with Gasteiger partial charge in [-0.3, -0.25) is 4.79 Å². The summed E-state index contributed by atoms with van der Waals surface area (Å²) < 4.78 is 5.39. The Bertz CT molecular complexity index is 847. The molecule has 27 heavy (non-hydrogen) atoms. The molecule has 1 amide bonds. The van der Waals surface area contributed by atoms with Gasteiger partial charge >= 0.3 is 0 Å². The average Bonchev–Trinajstić information content (AvgIpc) is 2.71. The molecule has 0 aliphatic carbocycles.